The summed E-state index contributed by atoms with van der Waals surface area (Å²) in [6, 6.07) is 23.5. The molecule has 26 heavy (non-hydrogen) atoms. The zero-order chi connectivity index (χ0) is 17.8. The van der Waals surface area contributed by atoms with Crippen LogP contribution in [0.1, 0.15) is 0 Å². The molecular weight excluding hydrogens is 328 g/mol. The van der Waals surface area contributed by atoms with E-state index >= 15 is 0 Å². The van der Waals surface area contributed by atoms with E-state index in [1.165, 1.54) is 4.80 Å². The van der Waals surface area contributed by atoms with Crippen LogP contribution < -0.4 is 4.74 Å². The van der Waals surface area contributed by atoms with Crippen molar-refractivity contribution in [1.82, 2.24) is 20.2 Å². The number of fused-ring (bicyclic) bond motifs is 1. The predicted octanol–water partition coefficient (Wildman–Crippen LogP) is 2.93. The number of nitrogens with zero attached hydrogens (tertiary/aromatic N) is 4. The number of tetrazole rings is 1. The van der Waals surface area contributed by atoms with E-state index in [2.05, 4.69) is 15.4 Å². The molecular formula is C20H18N4O2. The van der Waals surface area contributed by atoms with Crippen LogP contribution in [0.5, 0.6) is 5.75 Å². The first kappa shape index (κ1) is 16.2. The van der Waals surface area contributed by atoms with Crippen LogP contribution >= 0.6 is 0 Å². The predicted molar refractivity (Wildman–Crippen MR) is 98.7 cm³/mol. The van der Waals surface area contributed by atoms with Gasteiger partial charge in [0.1, 0.15) is 18.5 Å². The van der Waals surface area contributed by atoms with Crippen molar-refractivity contribution in [1.29, 1.82) is 0 Å². The number of aliphatic hydroxyl groups excluding tert-OH is 1. The van der Waals surface area contributed by atoms with Crippen LogP contribution in [0.3, 0.4) is 0 Å². The van der Waals surface area contributed by atoms with Gasteiger partial charge in [0.05, 0.1) is 6.54 Å². The van der Waals surface area contributed by atoms with Crippen molar-refractivity contribution in [3.63, 3.8) is 0 Å². The number of hydrogen-bond acceptors (Lipinski definition) is 5. The van der Waals surface area contributed by atoms with Crippen molar-refractivity contribution in [3.8, 4) is 17.1 Å². The molecule has 6 nitrogen and oxygen atoms in total. The summed E-state index contributed by atoms with van der Waals surface area (Å²) in [4.78, 5) is 1.39. The molecule has 6 heteroatoms. The van der Waals surface area contributed by atoms with Crippen LogP contribution in [-0.2, 0) is 6.54 Å². The van der Waals surface area contributed by atoms with Crippen LogP contribution in [-0.4, -0.2) is 38.0 Å². The summed E-state index contributed by atoms with van der Waals surface area (Å²) in [5.74, 6) is 1.28. The third-order valence-electron chi connectivity index (χ3n) is 4.04. The van der Waals surface area contributed by atoms with Gasteiger partial charge in [-0.1, -0.05) is 66.7 Å². The zero-order valence-electron chi connectivity index (χ0n) is 14.1. The molecule has 0 aliphatic heterocycles. The Labute approximate surface area is 150 Å². The lowest BCUT2D eigenvalue weighted by Crippen LogP contribution is -2.25. The molecule has 0 saturated carbocycles. The van der Waals surface area contributed by atoms with Crippen molar-refractivity contribution >= 4 is 10.8 Å². The summed E-state index contributed by atoms with van der Waals surface area (Å²) in [7, 11) is 0. The fourth-order valence-electron chi connectivity index (χ4n) is 2.77. The van der Waals surface area contributed by atoms with Gasteiger partial charge in [0.15, 0.2) is 0 Å². The average molecular weight is 346 g/mol. The van der Waals surface area contributed by atoms with Gasteiger partial charge in [0.25, 0.3) is 0 Å². The summed E-state index contributed by atoms with van der Waals surface area (Å²) in [5.41, 5.74) is 0.889. The first-order valence-electron chi connectivity index (χ1n) is 8.41. The molecule has 1 N–H and O–H groups in total. The van der Waals surface area contributed by atoms with E-state index in [0.29, 0.717) is 5.82 Å². The molecule has 0 radical (unpaired) electrons. The quantitative estimate of drug-likeness (QED) is 0.581. The third kappa shape index (κ3) is 3.55. The highest BCUT2D eigenvalue weighted by molar-refractivity contribution is 5.88. The van der Waals surface area contributed by atoms with Gasteiger partial charge < -0.3 is 9.84 Å². The molecule has 0 bridgehead atoms. The fourth-order valence-corrected chi connectivity index (χ4v) is 2.77. The molecule has 1 atom stereocenters. The van der Waals surface area contributed by atoms with Gasteiger partial charge in [-0.05, 0) is 16.7 Å². The molecule has 3 aromatic carbocycles. The van der Waals surface area contributed by atoms with Gasteiger partial charge in [-0.15, -0.1) is 10.2 Å². The number of hydrogen-bond donors (Lipinski definition) is 1. The van der Waals surface area contributed by atoms with Crippen molar-refractivity contribution in [2.45, 2.75) is 12.6 Å². The van der Waals surface area contributed by atoms with Crippen molar-refractivity contribution in [3.05, 3.63) is 72.8 Å². The first-order valence-corrected chi connectivity index (χ1v) is 8.41. The molecule has 1 aromatic heterocycles. The fraction of sp³-hybridized carbons (Fsp3) is 0.150. The molecule has 0 aliphatic carbocycles. The topological polar surface area (TPSA) is 73.1 Å². The Bertz CT molecular complexity index is 996. The minimum Gasteiger partial charge on any atom is -0.490 e. The second-order valence-corrected chi connectivity index (χ2v) is 5.98. The van der Waals surface area contributed by atoms with Crippen LogP contribution in [0.15, 0.2) is 72.8 Å². The van der Waals surface area contributed by atoms with Gasteiger partial charge in [0, 0.05) is 10.9 Å². The van der Waals surface area contributed by atoms with Crippen molar-refractivity contribution < 1.29 is 9.84 Å². The largest absolute Gasteiger partial charge is 0.490 e. The number of aromatic nitrogens is 4. The Morgan fingerprint density at radius 3 is 2.58 bits per heavy atom. The summed E-state index contributed by atoms with van der Waals surface area (Å²) in [5, 5.41) is 24.7. The van der Waals surface area contributed by atoms with Crippen LogP contribution in [0.25, 0.3) is 22.2 Å². The number of aliphatic hydroxyl groups is 1. The zero-order valence-corrected chi connectivity index (χ0v) is 14.1. The van der Waals surface area contributed by atoms with E-state index in [1.54, 1.807) is 0 Å². The summed E-state index contributed by atoms with van der Waals surface area (Å²) >= 11 is 0. The number of ether oxygens (including phenoxy) is 1. The van der Waals surface area contributed by atoms with Crippen molar-refractivity contribution in [2.24, 2.45) is 0 Å². The van der Waals surface area contributed by atoms with Gasteiger partial charge in [-0.3, -0.25) is 0 Å². The van der Waals surface area contributed by atoms with Crippen LogP contribution in [0, 0.1) is 0 Å². The van der Waals surface area contributed by atoms with E-state index in [-0.39, 0.29) is 13.2 Å². The van der Waals surface area contributed by atoms with E-state index in [1.807, 2.05) is 72.8 Å². The highest BCUT2D eigenvalue weighted by atomic mass is 16.5. The lowest BCUT2D eigenvalue weighted by atomic mass is 10.1. The second-order valence-electron chi connectivity index (χ2n) is 5.98. The second kappa shape index (κ2) is 7.33. The van der Waals surface area contributed by atoms with Gasteiger partial charge in [0.2, 0.25) is 5.82 Å². The molecule has 0 fully saturated rings. The van der Waals surface area contributed by atoms with Gasteiger partial charge in [-0.2, -0.15) is 4.80 Å². The summed E-state index contributed by atoms with van der Waals surface area (Å²) in [6.07, 6.45) is -0.744. The van der Waals surface area contributed by atoms with E-state index in [4.69, 9.17) is 4.74 Å². The van der Waals surface area contributed by atoms with Crippen molar-refractivity contribution in [2.75, 3.05) is 6.61 Å². The smallest absolute Gasteiger partial charge is 0.204 e. The molecule has 0 spiro atoms. The van der Waals surface area contributed by atoms with E-state index in [0.717, 1.165) is 22.1 Å². The maximum absolute atomic E-state index is 10.3. The molecule has 4 aromatic rings. The van der Waals surface area contributed by atoms with Gasteiger partial charge >= 0.3 is 0 Å². The minimum atomic E-state index is -0.744. The Morgan fingerprint density at radius 2 is 1.69 bits per heavy atom. The third-order valence-corrected chi connectivity index (χ3v) is 4.04. The first-order chi connectivity index (χ1) is 12.8. The maximum Gasteiger partial charge on any atom is 0.204 e. The standard InChI is InChI=1S/C20H18N4O2/c25-17(13-24-22-20(21-23-24)16-8-2-1-3-9-16)14-26-19-12-6-10-15-7-4-5-11-18(15)19/h1-12,17,25H,13-14H2. The lowest BCUT2D eigenvalue weighted by Gasteiger charge is -2.13. The number of benzene rings is 3. The summed E-state index contributed by atoms with van der Waals surface area (Å²) < 4.78 is 5.81. The minimum absolute atomic E-state index is 0.149. The Balaban J connectivity index is 1.40. The highest BCUT2D eigenvalue weighted by Gasteiger charge is 2.12. The molecule has 130 valence electrons. The average Bonchev–Trinajstić information content (AvgIpc) is 3.15. The Morgan fingerprint density at radius 1 is 0.923 bits per heavy atom. The molecule has 1 unspecified atom stereocenters. The van der Waals surface area contributed by atoms with Crippen LogP contribution in [0.4, 0.5) is 0 Å². The molecule has 1 heterocycles. The highest BCUT2D eigenvalue weighted by Crippen LogP contribution is 2.25. The lowest BCUT2D eigenvalue weighted by molar-refractivity contribution is 0.0857. The molecule has 0 amide bonds. The molecule has 0 aliphatic rings. The SMILES string of the molecule is OC(COc1cccc2ccccc12)Cn1nnc(-c2ccccc2)n1. The Hall–Kier alpha value is -3.25. The normalized spacial score (nSPS) is 12.2. The molecule has 0 saturated heterocycles. The number of rotatable bonds is 6. The Kier molecular flexibility index (Phi) is 4.57. The maximum atomic E-state index is 10.3. The monoisotopic (exact) mass is 346 g/mol. The van der Waals surface area contributed by atoms with E-state index in [9.17, 15) is 5.11 Å². The summed E-state index contributed by atoms with van der Waals surface area (Å²) in [6.45, 7) is 0.362. The van der Waals surface area contributed by atoms with E-state index < -0.39 is 6.10 Å². The molecule has 4 rings (SSSR count). The van der Waals surface area contributed by atoms with Crippen LogP contribution in [0.2, 0.25) is 0 Å². The van der Waals surface area contributed by atoms with Gasteiger partial charge in [-0.25, -0.2) is 0 Å².